The van der Waals surface area contributed by atoms with Crippen LogP contribution < -0.4 is 10.6 Å². The Balaban J connectivity index is 2.45. The van der Waals surface area contributed by atoms with E-state index in [9.17, 15) is 4.79 Å². The molecule has 2 N–H and O–H groups in total. The number of hydrogen-bond acceptors (Lipinski definition) is 4. The molecule has 22 heavy (non-hydrogen) atoms. The van der Waals surface area contributed by atoms with E-state index < -0.39 is 5.60 Å². The first-order valence-corrected chi connectivity index (χ1v) is 8.27. The van der Waals surface area contributed by atoms with E-state index in [2.05, 4.69) is 45.4 Å². The molecule has 1 rings (SSSR count). The van der Waals surface area contributed by atoms with Crippen LogP contribution in [-0.2, 0) is 11.3 Å². The van der Waals surface area contributed by atoms with Gasteiger partial charge in [0.2, 0.25) is 0 Å². The van der Waals surface area contributed by atoms with Crippen LogP contribution in [0.15, 0.2) is 22.8 Å². The Kier molecular flexibility index (Phi) is 7.29. The molecule has 5 nitrogen and oxygen atoms in total. The molecule has 0 saturated carbocycles. The Bertz CT molecular complexity index is 469. The highest BCUT2D eigenvalue weighted by atomic mass is 79.9. The van der Waals surface area contributed by atoms with Gasteiger partial charge in [0.25, 0.3) is 0 Å². The summed E-state index contributed by atoms with van der Waals surface area (Å²) in [7, 11) is 0. The fraction of sp³-hybridized carbons (Fsp3) is 0.625. The highest BCUT2D eigenvalue weighted by molar-refractivity contribution is 9.10. The Labute approximate surface area is 141 Å². The topological polar surface area (TPSA) is 63.2 Å². The van der Waals surface area contributed by atoms with Gasteiger partial charge < -0.3 is 15.4 Å². The van der Waals surface area contributed by atoms with Crippen LogP contribution in [-0.4, -0.2) is 29.3 Å². The van der Waals surface area contributed by atoms with Crippen molar-refractivity contribution in [2.75, 3.05) is 6.54 Å². The van der Waals surface area contributed by atoms with Gasteiger partial charge in [0.1, 0.15) is 5.60 Å². The standard InChI is InChI=1S/C16H26BrN3O2/c1-11(2)14(10-20-15(21)22-16(3,4)5)19-9-13-7-6-12(17)8-18-13/h6-8,11,14,19H,9-10H2,1-5H3,(H,20,21). The molecule has 1 aromatic rings. The van der Waals surface area contributed by atoms with Gasteiger partial charge in [-0.05, 0) is 54.8 Å². The number of carbonyl (C=O) groups excluding carboxylic acids is 1. The summed E-state index contributed by atoms with van der Waals surface area (Å²) in [6, 6.07) is 4.08. The van der Waals surface area contributed by atoms with E-state index in [1.165, 1.54) is 0 Å². The lowest BCUT2D eigenvalue weighted by atomic mass is 10.0. The first-order chi connectivity index (χ1) is 10.2. The van der Waals surface area contributed by atoms with Gasteiger partial charge in [-0.2, -0.15) is 0 Å². The van der Waals surface area contributed by atoms with E-state index in [1.807, 2.05) is 32.9 Å². The molecule has 124 valence electrons. The van der Waals surface area contributed by atoms with E-state index in [-0.39, 0.29) is 12.1 Å². The minimum Gasteiger partial charge on any atom is -0.444 e. The maximum Gasteiger partial charge on any atom is 0.407 e. The third-order valence-corrected chi connectivity index (χ3v) is 3.47. The van der Waals surface area contributed by atoms with E-state index in [4.69, 9.17) is 4.74 Å². The normalized spacial score (nSPS) is 13.0. The number of amides is 1. The minimum absolute atomic E-state index is 0.151. The van der Waals surface area contributed by atoms with Crippen molar-refractivity contribution in [1.82, 2.24) is 15.6 Å². The van der Waals surface area contributed by atoms with Crippen LogP contribution in [0.5, 0.6) is 0 Å². The average molecular weight is 372 g/mol. The molecule has 0 bridgehead atoms. The van der Waals surface area contributed by atoms with Crippen molar-refractivity contribution in [3.05, 3.63) is 28.5 Å². The minimum atomic E-state index is -0.480. The van der Waals surface area contributed by atoms with Crippen LogP contribution >= 0.6 is 15.9 Å². The Morgan fingerprint density at radius 2 is 2.05 bits per heavy atom. The zero-order valence-corrected chi connectivity index (χ0v) is 15.5. The molecule has 0 radical (unpaired) electrons. The first-order valence-electron chi connectivity index (χ1n) is 7.48. The Morgan fingerprint density at radius 3 is 2.55 bits per heavy atom. The molecule has 0 aliphatic carbocycles. The van der Waals surface area contributed by atoms with Gasteiger partial charge in [0, 0.05) is 29.8 Å². The van der Waals surface area contributed by atoms with Gasteiger partial charge >= 0.3 is 6.09 Å². The summed E-state index contributed by atoms with van der Waals surface area (Å²) in [6.45, 7) is 11.0. The number of hydrogen-bond donors (Lipinski definition) is 2. The van der Waals surface area contributed by atoms with Gasteiger partial charge in [-0.3, -0.25) is 4.98 Å². The largest absolute Gasteiger partial charge is 0.444 e. The summed E-state index contributed by atoms with van der Waals surface area (Å²) < 4.78 is 6.21. The number of ether oxygens (including phenoxy) is 1. The number of aromatic nitrogens is 1. The summed E-state index contributed by atoms with van der Waals surface area (Å²) in [5, 5.41) is 6.24. The molecule has 0 aliphatic rings. The van der Waals surface area contributed by atoms with Crippen molar-refractivity contribution in [2.24, 2.45) is 5.92 Å². The molecule has 1 aromatic heterocycles. The van der Waals surface area contributed by atoms with E-state index >= 15 is 0 Å². The molecule has 1 unspecified atom stereocenters. The molecular weight excluding hydrogens is 346 g/mol. The SMILES string of the molecule is CC(C)C(CNC(=O)OC(C)(C)C)NCc1ccc(Br)cn1. The number of nitrogens with zero attached hydrogens (tertiary/aromatic N) is 1. The van der Waals surface area contributed by atoms with Crippen molar-refractivity contribution in [3.63, 3.8) is 0 Å². The summed E-state index contributed by atoms with van der Waals surface area (Å²) >= 11 is 3.37. The predicted molar refractivity (Wildman–Crippen MR) is 91.6 cm³/mol. The molecular formula is C16H26BrN3O2. The Hall–Kier alpha value is -1.14. The monoisotopic (exact) mass is 371 g/mol. The third kappa shape index (κ3) is 7.75. The van der Waals surface area contributed by atoms with E-state index in [0.717, 1.165) is 10.2 Å². The van der Waals surface area contributed by atoms with Crippen molar-refractivity contribution in [3.8, 4) is 0 Å². The van der Waals surface area contributed by atoms with Gasteiger partial charge in [-0.25, -0.2) is 4.79 Å². The molecule has 6 heteroatoms. The van der Waals surface area contributed by atoms with E-state index in [1.54, 1.807) is 6.20 Å². The highest BCUT2D eigenvalue weighted by Crippen LogP contribution is 2.09. The summed E-state index contributed by atoms with van der Waals surface area (Å²) in [4.78, 5) is 16.1. The van der Waals surface area contributed by atoms with Gasteiger partial charge in [-0.1, -0.05) is 13.8 Å². The lowest BCUT2D eigenvalue weighted by molar-refractivity contribution is 0.0519. The number of carbonyl (C=O) groups is 1. The molecule has 1 atom stereocenters. The smallest absolute Gasteiger partial charge is 0.407 e. The van der Waals surface area contributed by atoms with Gasteiger partial charge in [0.05, 0.1) is 5.69 Å². The van der Waals surface area contributed by atoms with Crippen molar-refractivity contribution < 1.29 is 9.53 Å². The number of pyridine rings is 1. The van der Waals surface area contributed by atoms with Gasteiger partial charge in [-0.15, -0.1) is 0 Å². The zero-order chi connectivity index (χ0) is 16.8. The van der Waals surface area contributed by atoms with Crippen LogP contribution in [0.1, 0.15) is 40.3 Å². The number of rotatable bonds is 6. The molecule has 0 saturated heterocycles. The lowest BCUT2D eigenvalue weighted by Crippen LogP contribution is -2.45. The van der Waals surface area contributed by atoms with Crippen molar-refractivity contribution in [1.29, 1.82) is 0 Å². The maximum atomic E-state index is 11.7. The van der Waals surface area contributed by atoms with Crippen molar-refractivity contribution >= 4 is 22.0 Å². The maximum absolute atomic E-state index is 11.7. The van der Waals surface area contributed by atoms with Crippen LogP contribution in [0.3, 0.4) is 0 Å². The van der Waals surface area contributed by atoms with Crippen LogP contribution in [0.4, 0.5) is 4.79 Å². The fourth-order valence-electron chi connectivity index (χ4n) is 1.80. The second-order valence-corrected chi connectivity index (χ2v) is 7.50. The molecule has 0 aromatic carbocycles. The molecule has 1 heterocycles. The number of halogens is 1. The lowest BCUT2D eigenvalue weighted by Gasteiger charge is -2.24. The van der Waals surface area contributed by atoms with Gasteiger partial charge in [0.15, 0.2) is 0 Å². The summed E-state index contributed by atoms with van der Waals surface area (Å²) in [6.07, 6.45) is 1.39. The quantitative estimate of drug-likeness (QED) is 0.803. The predicted octanol–water partition coefficient (Wildman–Crippen LogP) is 3.48. The zero-order valence-electron chi connectivity index (χ0n) is 13.9. The number of alkyl carbamates (subject to hydrolysis) is 1. The van der Waals surface area contributed by atoms with Crippen LogP contribution in [0.2, 0.25) is 0 Å². The van der Waals surface area contributed by atoms with Crippen molar-refractivity contribution in [2.45, 2.75) is 52.8 Å². The third-order valence-electron chi connectivity index (χ3n) is 3.00. The second kappa shape index (κ2) is 8.48. The number of nitrogens with one attached hydrogen (secondary N) is 2. The molecule has 0 aliphatic heterocycles. The second-order valence-electron chi connectivity index (χ2n) is 6.58. The highest BCUT2D eigenvalue weighted by Gasteiger charge is 2.18. The van der Waals surface area contributed by atoms with Crippen LogP contribution in [0, 0.1) is 5.92 Å². The van der Waals surface area contributed by atoms with E-state index in [0.29, 0.717) is 19.0 Å². The first kappa shape index (κ1) is 18.9. The Morgan fingerprint density at radius 1 is 1.36 bits per heavy atom. The summed E-state index contributed by atoms with van der Waals surface area (Å²) in [5.74, 6) is 0.380. The van der Waals surface area contributed by atoms with Crippen LogP contribution in [0.25, 0.3) is 0 Å². The average Bonchev–Trinajstić information content (AvgIpc) is 2.38. The molecule has 1 amide bonds. The fourth-order valence-corrected chi connectivity index (χ4v) is 2.03. The molecule has 0 spiro atoms. The molecule has 0 fully saturated rings. The summed E-state index contributed by atoms with van der Waals surface area (Å²) in [5.41, 5.74) is 0.484.